The van der Waals surface area contributed by atoms with Crippen LogP contribution in [0.1, 0.15) is 79.6 Å². The highest BCUT2D eigenvalue weighted by Gasteiger charge is 2.60. The summed E-state index contributed by atoms with van der Waals surface area (Å²) in [6, 6.07) is 0. The number of hydrogen-bond acceptors (Lipinski definition) is 3. The highest BCUT2D eigenvalue weighted by Crippen LogP contribution is 2.67. The first-order chi connectivity index (χ1) is 14.1. The summed E-state index contributed by atoms with van der Waals surface area (Å²) in [4.78, 5) is 12.1. The molecule has 30 heavy (non-hydrogen) atoms. The van der Waals surface area contributed by atoms with Crippen molar-refractivity contribution in [3.05, 3.63) is 23.8 Å². The SMILES string of the molecule is CC(C)C(=O)C=CC(C)C1CCC2C3CC(O)C4=CC(O)CCC4(C)C3CCC12C. The van der Waals surface area contributed by atoms with Crippen molar-refractivity contribution in [2.24, 2.45) is 46.3 Å². The Labute approximate surface area is 183 Å². The molecule has 0 bridgehead atoms. The van der Waals surface area contributed by atoms with Crippen molar-refractivity contribution >= 4 is 5.78 Å². The second-order valence-electron chi connectivity index (χ2n) is 11.8. The summed E-state index contributed by atoms with van der Waals surface area (Å²) in [5, 5.41) is 21.2. The minimum absolute atomic E-state index is 0.0518. The molecule has 0 spiro atoms. The molecule has 2 N–H and O–H groups in total. The Morgan fingerprint density at radius 2 is 1.80 bits per heavy atom. The van der Waals surface area contributed by atoms with E-state index in [4.69, 9.17) is 0 Å². The number of ketones is 1. The van der Waals surface area contributed by atoms with Gasteiger partial charge in [-0.05, 0) is 97.0 Å². The van der Waals surface area contributed by atoms with Gasteiger partial charge in [-0.15, -0.1) is 0 Å². The molecule has 0 aliphatic heterocycles. The van der Waals surface area contributed by atoms with Gasteiger partial charge in [0.25, 0.3) is 0 Å². The number of fused-ring (bicyclic) bond motifs is 5. The van der Waals surface area contributed by atoms with E-state index in [1.807, 2.05) is 26.0 Å². The molecule has 168 valence electrons. The van der Waals surface area contributed by atoms with E-state index in [2.05, 4.69) is 26.8 Å². The number of rotatable bonds is 4. The number of allylic oxidation sites excluding steroid dienone is 2. The first-order valence-electron chi connectivity index (χ1n) is 12.4. The molecular formula is C27H42O3. The van der Waals surface area contributed by atoms with Crippen molar-refractivity contribution < 1.29 is 15.0 Å². The maximum atomic E-state index is 12.1. The summed E-state index contributed by atoms with van der Waals surface area (Å²) in [5.41, 5.74) is 1.48. The second kappa shape index (κ2) is 7.89. The third-order valence-electron chi connectivity index (χ3n) is 9.94. The smallest absolute Gasteiger partial charge is 0.157 e. The predicted molar refractivity (Wildman–Crippen MR) is 121 cm³/mol. The molecular weight excluding hydrogens is 372 g/mol. The van der Waals surface area contributed by atoms with Crippen molar-refractivity contribution in [1.82, 2.24) is 0 Å². The molecule has 4 aliphatic rings. The Morgan fingerprint density at radius 1 is 1.07 bits per heavy atom. The van der Waals surface area contributed by atoms with Gasteiger partial charge < -0.3 is 10.2 Å². The van der Waals surface area contributed by atoms with Gasteiger partial charge in [0.2, 0.25) is 0 Å². The number of carbonyl (C=O) groups is 1. The summed E-state index contributed by atoms with van der Waals surface area (Å²) < 4.78 is 0. The van der Waals surface area contributed by atoms with E-state index in [1.165, 1.54) is 25.7 Å². The zero-order valence-corrected chi connectivity index (χ0v) is 19.6. The van der Waals surface area contributed by atoms with E-state index in [0.29, 0.717) is 35.0 Å². The number of carbonyl (C=O) groups excluding carboxylic acids is 1. The van der Waals surface area contributed by atoms with Gasteiger partial charge in [0.05, 0.1) is 12.2 Å². The van der Waals surface area contributed by atoms with Crippen LogP contribution in [0.4, 0.5) is 0 Å². The van der Waals surface area contributed by atoms with Gasteiger partial charge in [0.1, 0.15) is 0 Å². The van der Waals surface area contributed by atoms with Crippen LogP contribution in [0.25, 0.3) is 0 Å². The first kappa shape index (κ1) is 22.3. The molecule has 3 nitrogen and oxygen atoms in total. The van der Waals surface area contributed by atoms with Crippen LogP contribution in [0, 0.1) is 46.3 Å². The molecule has 0 aromatic rings. The van der Waals surface area contributed by atoms with E-state index in [1.54, 1.807) is 0 Å². The van der Waals surface area contributed by atoms with Crippen LogP contribution < -0.4 is 0 Å². The van der Waals surface area contributed by atoms with Crippen LogP contribution >= 0.6 is 0 Å². The molecule has 3 heteroatoms. The topological polar surface area (TPSA) is 57.5 Å². The highest BCUT2D eigenvalue weighted by molar-refractivity contribution is 5.91. The lowest BCUT2D eigenvalue weighted by Gasteiger charge is -2.59. The molecule has 3 saturated carbocycles. The molecule has 9 unspecified atom stereocenters. The normalized spacial score (nSPS) is 46.9. The zero-order valence-electron chi connectivity index (χ0n) is 19.6. The lowest BCUT2D eigenvalue weighted by Crippen LogP contribution is -2.54. The molecule has 0 saturated heterocycles. The van der Waals surface area contributed by atoms with E-state index in [0.717, 1.165) is 24.8 Å². The van der Waals surface area contributed by atoms with Gasteiger partial charge in [-0.2, -0.15) is 0 Å². The minimum Gasteiger partial charge on any atom is -0.389 e. The first-order valence-corrected chi connectivity index (χ1v) is 12.4. The summed E-state index contributed by atoms with van der Waals surface area (Å²) >= 11 is 0. The summed E-state index contributed by atoms with van der Waals surface area (Å²) in [7, 11) is 0. The number of aliphatic hydroxyl groups is 2. The summed E-state index contributed by atoms with van der Waals surface area (Å²) in [6.45, 7) is 11.1. The van der Waals surface area contributed by atoms with Crippen molar-refractivity contribution in [3.63, 3.8) is 0 Å². The standard InChI is InChI=1S/C27H42O3/c1-16(2)24(29)9-6-17(3)20-7-8-21-19-15-25(30)23-14-18(28)10-12-27(23,5)22(19)11-13-26(20,21)4/h6,9,14,16-22,25,28,30H,7-8,10-13,15H2,1-5H3. The monoisotopic (exact) mass is 414 g/mol. The quantitative estimate of drug-likeness (QED) is 0.484. The fraction of sp³-hybridized carbons (Fsp3) is 0.815. The van der Waals surface area contributed by atoms with Crippen LogP contribution in [0.5, 0.6) is 0 Å². The summed E-state index contributed by atoms with van der Waals surface area (Å²) in [5.74, 6) is 3.21. The fourth-order valence-electron chi connectivity index (χ4n) is 8.23. The van der Waals surface area contributed by atoms with E-state index >= 15 is 0 Å². The van der Waals surface area contributed by atoms with E-state index in [9.17, 15) is 15.0 Å². The third kappa shape index (κ3) is 3.45. The maximum absolute atomic E-state index is 12.1. The molecule has 0 aromatic heterocycles. The van der Waals surface area contributed by atoms with E-state index in [-0.39, 0.29) is 23.2 Å². The number of aliphatic hydroxyl groups excluding tert-OH is 2. The Bertz CT molecular complexity index is 736. The van der Waals surface area contributed by atoms with Crippen LogP contribution in [0.2, 0.25) is 0 Å². The van der Waals surface area contributed by atoms with E-state index < -0.39 is 6.10 Å². The fourth-order valence-corrected chi connectivity index (χ4v) is 8.23. The molecule has 4 rings (SSSR count). The minimum atomic E-state index is -0.395. The highest BCUT2D eigenvalue weighted by atomic mass is 16.3. The van der Waals surface area contributed by atoms with Crippen molar-refractivity contribution in [2.45, 2.75) is 91.8 Å². The number of hydrogen-bond donors (Lipinski definition) is 2. The predicted octanol–water partition coefficient (Wildman–Crippen LogP) is 5.31. The average Bonchev–Trinajstić information content (AvgIpc) is 3.04. The lowest BCUT2D eigenvalue weighted by atomic mass is 9.46. The molecule has 4 aliphatic carbocycles. The third-order valence-corrected chi connectivity index (χ3v) is 9.94. The van der Waals surface area contributed by atoms with Crippen LogP contribution in [0.3, 0.4) is 0 Å². The Hall–Kier alpha value is -0.930. The van der Waals surface area contributed by atoms with Crippen molar-refractivity contribution in [1.29, 1.82) is 0 Å². The maximum Gasteiger partial charge on any atom is 0.157 e. The Kier molecular flexibility index (Phi) is 5.85. The molecule has 0 amide bonds. The lowest BCUT2D eigenvalue weighted by molar-refractivity contribution is -0.117. The van der Waals surface area contributed by atoms with Gasteiger partial charge in [-0.3, -0.25) is 4.79 Å². The van der Waals surface area contributed by atoms with Gasteiger partial charge >= 0.3 is 0 Å². The van der Waals surface area contributed by atoms with Crippen molar-refractivity contribution in [3.8, 4) is 0 Å². The average molecular weight is 415 g/mol. The van der Waals surface area contributed by atoms with Crippen LogP contribution in [-0.2, 0) is 4.79 Å². The van der Waals surface area contributed by atoms with Crippen molar-refractivity contribution in [2.75, 3.05) is 0 Å². The van der Waals surface area contributed by atoms with Crippen LogP contribution in [-0.4, -0.2) is 28.2 Å². The van der Waals surface area contributed by atoms with Gasteiger partial charge in [0, 0.05) is 5.92 Å². The molecule has 0 aromatic carbocycles. The molecule has 9 atom stereocenters. The second-order valence-corrected chi connectivity index (χ2v) is 11.8. The molecule has 0 radical (unpaired) electrons. The Morgan fingerprint density at radius 3 is 2.50 bits per heavy atom. The molecule has 3 fully saturated rings. The Balaban J connectivity index is 1.56. The van der Waals surface area contributed by atoms with Gasteiger partial charge in [-0.25, -0.2) is 0 Å². The summed E-state index contributed by atoms with van der Waals surface area (Å²) in [6.07, 6.45) is 12.9. The largest absolute Gasteiger partial charge is 0.389 e. The zero-order chi connectivity index (χ0) is 21.8. The van der Waals surface area contributed by atoms with Gasteiger partial charge in [0.15, 0.2) is 5.78 Å². The molecule has 0 heterocycles. The van der Waals surface area contributed by atoms with Crippen LogP contribution in [0.15, 0.2) is 23.8 Å². The van der Waals surface area contributed by atoms with Gasteiger partial charge in [-0.1, -0.05) is 46.8 Å².